The molecule has 0 saturated carbocycles. The number of rotatable bonds is 5. The SMILES string of the molecule is CC(CC=O)c1ccc(OC2CS(=O)(=O)C2)c(Br)c1. The summed E-state index contributed by atoms with van der Waals surface area (Å²) < 4.78 is 28.5. The van der Waals surface area contributed by atoms with Crippen molar-refractivity contribution in [2.45, 2.75) is 25.4 Å². The number of hydrogen-bond acceptors (Lipinski definition) is 4. The molecule has 6 heteroatoms. The van der Waals surface area contributed by atoms with Gasteiger partial charge in [0.1, 0.15) is 18.1 Å². The highest BCUT2D eigenvalue weighted by atomic mass is 79.9. The zero-order chi connectivity index (χ0) is 14.0. The van der Waals surface area contributed by atoms with Gasteiger partial charge in [-0.15, -0.1) is 0 Å². The molecule has 4 nitrogen and oxygen atoms in total. The lowest BCUT2D eigenvalue weighted by atomic mass is 9.98. The van der Waals surface area contributed by atoms with Crippen LogP contribution in [0.4, 0.5) is 0 Å². The minimum atomic E-state index is -2.87. The Labute approximate surface area is 121 Å². The molecule has 1 unspecified atom stereocenters. The van der Waals surface area contributed by atoms with Gasteiger partial charge < -0.3 is 9.53 Å². The number of halogens is 1. The summed E-state index contributed by atoms with van der Waals surface area (Å²) in [5, 5.41) is 0. The van der Waals surface area contributed by atoms with Crippen LogP contribution in [-0.2, 0) is 14.6 Å². The van der Waals surface area contributed by atoms with E-state index in [9.17, 15) is 13.2 Å². The van der Waals surface area contributed by atoms with Crippen molar-refractivity contribution in [3.63, 3.8) is 0 Å². The fraction of sp³-hybridized carbons (Fsp3) is 0.462. The maximum Gasteiger partial charge on any atom is 0.157 e. The second-order valence-electron chi connectivity index (χ2n) is 4.81. The monoisotopic (exact) mass is 346 g/mol. The van der Waals surface area contributed by atoms with Crippen LogP contribution in [-0.4, -0.2) is 32.3 Å². The number of ether oxygens (including phenoxy) is 1. The van der Waals surface area contributed by atoms with Crippen LogP contribution in [0.1, 0.15) is 24.8 Å². The molecule has 1 aromatic rings. The molecule has 0 spiro atoms. The third-order valence-electron chi connectivity index (χ3n) is 3.15. The molecule has 0 aliphatic carbocycles. The van der Waals surface area contributed by atoms with E-state index < -0.39 is 9.84 Å². The average molecular weight is 347 g/mol. The predicted molar refractivity (Wildman–Crippen MR) is 76.3 cm³/mol. The van der Waals surface area contributed by atoms with E-state index in [0.29, 0.717) is 12.2 Å². The van der Waals surface area contributed by atoms with Gasteiger partial charge in [0.05, 0.1) is 16.0 Å². The lowest BCUT2D eigenvalue weighted by Gasteiger charge is -2.27. The zero-order valence-electron chi connectivity index (χ0n) is 10.5. The van der Waals surface area contributed by atoms with E-state index in [1.165, 1.54) is 0 Å². The minimum Gasteiger partial charge on any atom is -0.487 e. The molecular weight excluding hydrogens is 332 g/mol. The Morgan fingerprint density at radius 2 is 2.16 bits per heavy atom. The lowest BCUT2D eigenvalue weighted by Crippen LogP contribution is -2.45. The van der Waals surface area contributed by atoms with Gasteiger partial charge >= 0.3 is 0 Å². The number of hydrogen-bond donors (Lipinski definition) is 0. The van der Waals surface area contributed by atoms with Crippen LogP contribution in [0.3, 0.4) is 0 Å². The minimum absolute atomic E-state index is 0.0860. The molecule has 1 aliphatic rings. The number of carbonyl (C=O) groups excluding carboxylic acids is 1. The quantitative estimate of drug-likeness (QED) is 0.767. The Balaban J connectivity index is 2.05. The molecule has 0 amide bonds. The third kappa shape index (κ3) is 3.57. The standard InChI is InChI=1S/C13H15BrO4S/c1-9(4-5-15)10-2-3-13(12(14)6-10)18-11-7-19(16,17)8-11/h2-3,5-6,9,11H,4,7-8H2,1H3. The number of benzene rings is 1. The molecule has 1 aliphatic heterocycles. The molecule has 0 N–H and O–H groups in total. The fourth-order valence-electron chi connectivity index (χ4n) is 1.96. The molecule has 1 atom stereocenters. The van der Waals surface area contributed by atoms with Crippen molar-refractivity contribution in [2.24, 2.45) is 0 Å². The molecular formula is C13H15BrO4S. The Hall–Kier alpha value is -0.880. The fourth-order valence-corrected chi connectivity index (χ4v) is 3.63. The van der Waals surface area contributed by atoms with Crippen LogP contribution < -0.4 is 4.74 Å². The first-order valence-electron chi connectivity index (χ1n) is 6.01. The molecule has 1 saturated heterocycles. The first-order chi connectivity index (χ1) is 8.91. The van der Waals surface area contributed by atoms with Gasteiger partial charge in [-0.2, -0.15) is 0 Å². The van der Waals surface area contributed by atoms with Gasteiger partial charge in [0, 0.05) is 6.42 Å². The van der Waals surface area contributed by atoms with Gasteiger partial charge in [0.15, 0.2) is 9.84 Å². The van der Waals surface area contributed by atoms with Crippen molar-refractivity contribution < 1.29 is 17.9 Å². The second-order valence-corrected chi connectivity index (χ2v) is 7.82. The molecule has 19 heavy (non-hydrogen) atoms. The van der Waals surface area contributed by atoms with Crippen LogP contribution >= 0.6 is 15.9 Å². The van der Waals surface area contributed by atoms with Gasteiger partial charge in [-0.05, 0) is 39.5 Å². The number of carbonyl (C=O) groups is 1. The second kappa shape index (κ2) is 5.63. The van der Waals surface area contributed by atoms with E-state index in [2.05, 4.69) is 15.9 Å². The molecule has 0 aromatic heterocycles. The normalized spacial score (nSPS) is 19.5. The van der Waals surface area contributed by atoms with Crippen molar-refractivity contribution in [2.75, 3.05) is 11.5 Å². The smallest absolute Gasteiger partial charge is 0.157 e. The molecule has 1 aromatic carbocycles. The van der Waals surface area contributed by atoms with E-state index in [0.717, 1.165) is 16.3 Å². The summed E-state index contributed by atoms with van der Waals surface area (Å²) in [6.45, 7) is 1.98. The molecule has 1 fully saturated rings. The molecule has 0 radical (unpaired) electrons. The van der Waals surface area contributed by atoms with Crippen molar-refractivity contribution in [3.05, 3.63) is 28.2 Å². The van der Waals surface area contributed by atoms with Crippen molar-refractivity contribution >= 4 is 32.1 Å². The zero-order valence-corrected chi connectivity index (χ0v) is 12.9. The highest BCUT2D eigenvalue weighted by Crippen LogP contribution is 2.31. The highest BCUT2D eigenvalue weighted by Gasteiger charge is 2.35. The van der Waals surface area contributed by atoms with E-state index in [4.69, 9.17) is 4.74 Å². The predicted octanol–water partition coefficient (Wildman–Crippen LogP) is 2.32. The Morgan fingerprint density at radius 1 is 1.47 bits per heavy atom. The topological polar surface area (TPSA) is 60.4 Å². The van der Waals surface area contributed by atoms with Crippen molar-refractivity contribution in [1.29, 1.82) is 0 Å². The molecule has 2 rings (SSSR count). The summed E-state index contributed by atoms with van der Waals surface area (Å²) in [5.41, 5.74) is 1.05. The van der Waals surface area contributed by atoms with Crippen LogP contribution in [0.2, 0.25) is 0 Å². The third-order valence-corrected chi connectivity index (χ3v) is 5.53. The van der Waals surface area contributed by atoms with Gasteiger partial charge in [-0.1, -0.05) is 13.0 Å². The first kappa shape index (κ1) is 14.5. The average Bonchev–Trinajstić information content (AvgIpc) is 2.29. The van der Waals surface area contributed by atoms with Crippen LogP contribution in [0, 0.1) is 0 Å². The summed E-state index contributed by atoms with van der Waals surface area (Å²) in [6.07, 6.45) is 1.13. The van der Waals surface area contributed by atoms with Crippen LogP contribution in [0.25, 0.3) is 0 Å². The number of aldehydes is 1. The lowest BCUT2D eigenvalue weighted by molar-refractivity contribution is -0.108. The first-order valence-corrected chi connectivity index (χ1v) is 8.63. The maximum absolute atomic E-state index is 11.1. The maximum atomic E-state index is 11.1. The van der Waals surface area contributed by atoms with Crippen LogP contribution in [0.15, 0.2) is 22.7 Å². The molecule has 1 heterocycles. The highest BCUT2D eigenvalue weighted by molar-refractivity contribution is 9.10. The summed E-state index contributed by atoms with van der Waals surface area (Å²) >= 11 is 3.41. The summed E-state index contributed by atoms with van der Waals surface area (Å²) in [7, 11) is -2.87. The summed E-state index contributed by atoms with van der Waals surface area (Å²) in [4.78, 5) is 10.5. The van der Waals surface area contributed by atoms with Gasteiger partial charge in [-0.3, -0.25) is 0 Å². The van der Waals surface area contributed by atoms with Gasteiger partial charge in [0.2, 0.25) is 0 Å². The molecule has 104 valence electrons. The Bertz CT molecular complexity index is 570. The van der Waals surface area contributed by atoms with Gasteiger partial charge in [0.25, 0.3) is 0 Å². The van der Waals surface area contributed by atoms with Crippen molar-refractivity contribution in [3.8, 4) is 5.75 Å². The van der Waals surface area contributed by atoms with Crippen LogP contribution in [0.5, 0.6) is 5.75 Å². The largest absolute Gasteiger partial charge is 0.487 e. The summed E-state index contributed by atoms with van der Waals surface area (Å²) in [6, 6.07) is 5.63. The molecule has 0 bridgehead atoms. The summed E-state index contributed by atoms with van der Waals surface area (Å²) in [5.74, 6) is 0.972. The van der Waals surface area contributed by atoms with E-state index >= 15 is 0 Å². The van der Waals surface area contributed by atoms with E-state index in [-0.39, 0.29) is 23.5 Å². The van der Waals surface area contributed by atoms with E-state index in [1.807, 2.05) is 25.1 Å². The van der Waals surface area contributed by atoms with Crippen molar-refractivity contribution in [1.82, 2.24) is 0 Å². The Kier molecular flexibility index (Phi) is 4.30. The number of sulfone groups is 1. The van der Waals surface area contributed by atoms with Gasteiger partial charge in [-0.25, -0.2) is 8.42 Å². The van der Waals surface area contributed by atoms with E-state index in [1.54, 1.807) is 0 Å². The Morgan fingerprint density at radius 3 is 2.68 bits per heavy atom.